The number of halogens is 1. The molecule has 8 nitrogen and oxygen atoms in total. The van der Waals surface area contributed by atoms with Crippen molar-refractivity contribution in [3.05, 3.63) is 52.5 Å². The van der Waals surface area contributed by atoms with Gasteiger partial charge in [-0.3, -0.25) is 19.7 Å². The number of hydrogen-bond acceptors (Lipinski definition) is 6. The van der Waals surface area contributed by atoms with Crippen molar-refractivity contribution in [2.75, 3.05) is 4.90 Å². The van der Waals surface area contributed by atoms with Gasteiger partial charge >= 0.3 is 5.97 Å². The average Bonchev–Trinajstić information content (AvgIpc) is 3.11. The first-order valence-corrected chi connectivity index (χ1v) is 9.61. The largest absolute Gasteiger partial charge is 0.508 e. The first-order chi connectivity index (χ1) is 13.6. The van der Waals surface area contributed by atoms with E-state index in [2.05, 4.69) is 21.2 Å². The standard InChI is InChI=1S/C20H17BrN2O6/c1-20(19(28)29)15-14(16(22-20)12-7-6-11(24)8-13(12)25)17(26)23(18(15)27)10-4-2-9(21)3-5-10/h2-8,14-16,22,24-25H,1H3,(H,28,29)/t14-,15+,16-,20+/m1/s1. The summed E-state index contributed by atoms with van der Waals surface area (Å²) < 4.78 is 0.768. The fourth-order valence-corrected chi connectivity index (χ4v) is 4.51. The Balaban J connectivity index is 1.84. The Labute approximate surface area is 173 Å². The summed E-state index contributed by atoms with van der Waals surface area (Å²) in [6, 6.07) is 9.49. The minimum Gasteiger partial charge on any atom is -0.508 e. The molecule has 2 amide bonds. The molecule has 0 spiro atoms. The fraction of sp³-hybridized carbons (Fsp3) is 0.250. The summed E-state index contributed by atoms with van der Waals surface area (Å²) in [5.74, 6) is -5.08. The molecule has 0 radical (unpaired) electrons. The van der Waals surface area contributed by atoms with Gasteiger partial charge in [0.1, 0.15) is 17.0 Å². The van der Waals surface area contributed by atoms with Crippen LogP contribution in [0.2, 0.25) is 0 Å². The molecule has 0 bridgehead atoms. The van der Waals surface area contributed by atoms with Crippen LogP contribution in [-0.2, 0) is 14.4 Å². The van der Waals surface area contributed by atoms with Gasteiger partial charge in [0.25, 0.3) is 0 Å². The van der Waals surface area contributed by atoms with Gasteiger partial charge in [-0.1, -0.05) is 22.0 Å². The molecule has 2 saturated heterocycles. The summed E-state index contributed by atoms with van der Waals surface area (Å²) in [6.07, 6.45) is 0. The van der Waals surface area contributed by atoms with E-state index in [-0.39, 0.29) is 17.1 Å². The van der Waals surface area contributed by atoms with Gasteiger partial charge in [0.2, 0.25) is 11.8 Å². The maximum atomic E-state index is 13.3. The number of imide groups is 1. The molecule has 2 fully saturated rings. The number of nitrogens with one attached hydrogen (secondary N) is 1. The Morgan fingerprint density at radius 1 is 1.10 bits per heavy atom. The number of anilines is 1. The van der Waals surface area contributed by atoms with Crippen molar-refractivity contribution in [2.24, 2.45) is 11.8 Å². The average molecular weight is 461 g/mol. The summed E-state index contributed by atoms with van der Waals surface area (Å²) >= 11 is 3.30. The molecule has 4 atom stereocenters. The third-order valence-electron chi connectivity index (χ3n) is 5.67. The van der Waals surface area contributed by atoms with Gasteiger partial charge in [-0.05, 0) is 37.3 Å². The molecule has 0 aromatic heterocycles. The summed E-state index contributed by atoms with van der Waals surface area (Å²) in [7, 11) is 0. The van der Waals surface area contributed by atoms with E-state index < -0.39 is 41.2 Å². The Morgan fingerprint density at radius 2 is 1.76 bits per heavy atom. The van der Waals surface area contributed by atoms with Crippen molar-refractivity contribution in [1.29, 1.82) is 0 Å². The van der Waals surface area contributed by atoms with Crippen LogP contribution < -0.4 is 10.2 Å². The first kappa shape index (κ1) is 19.4. The number of fused-ring (bicyclic) bond motifs is 1. The molecule has 0 aliphatic carbocycles. The summed E-state index contributed by atoms with van der Waals surface area (Å²) in [5, 5.41) is 32.6. The van der Waals surface area contributed by atoms with Crippen LogP contribution in [0.1, 0.15) is 18.5 Å². The normalized spacial score (nSPS) is 28.6. The van der Waals surface area contributed by atoms with Crippen LogP contribution in [0.25, 0.3) is 0 Å². The topological polar surface area (TPSA) is 127 Å². The van der Waals surface area contributed by atoms with Crippen LogP contribution in [0.15, 0.2) is 46.9 Å². The second-order valence-electron chi connectivity index (χ2n) is 7.36. The Bertz CT molecular complexity index is 1040. The molecule has 2 aliphatic heterocycles. The number of phenols is 2. The zero-order valence-electron chi connectivity index (χ0n) is 15.2. The lowest BCUT2D eigenvalue weighted by atomic mass is 9.80. The minimum absolute atomic E-state index is 0.174. The second kappa shape index (κ2) is 6.57. The van der Waals surface area contributed by atoms with Gasteiger partial charge in [-0.2, -0.15) is 0 Å². The van der Waals surface area contributed by atoms with E-state index in [4.69, 9.17) is 0 Å². The van der Waals surface area contributed by atoms with Crippen molar-refractivity contribution in [3.63, 3.8) is 0 Å². The molecule has 2 aliphatic rings. The Hall–Kier alpha value is -2.91. The molecule has 9 heteroatoms. The number of nitrogens with zero attached hydrogens (tertiary/aromatic N) is 1. The number of hydrogen-bond donors (Lipinski definition) is 4. The molecule has 29 heavy (non-hydrogen) atoms. The van der Waals surface area contributed by atoms with Crippen molar-refractivity contribution >= 4 is 39.4 Å². The van der Waals surface area contributed by atoms with Crippen molar-refractivity contribution in [2.45, 2.75) is 18.5 Å². The fourth-order valence-electron chi connectivity index (χ4n) is 4.24. The molecule has 2 aromatic rings. The van der Waals surface area contributed by atoms with Crippen LogP contribution in [0, 0.1) is 11.8 Å². The molecule has 2 heterocycles. The number of benzene rings is 2. The SMILES string of the molecule is C[C@]1(C(=O)O)N[C@H](c2ccc(O)cc2O)[C@@H]2C(=O)N(c3ccc(Br)cc3)C(=O)[C@H]21. The van der Waals surface area contributed by atoms with Gasteiger partial charge in [0, 0.05) is 22.1 Å². The summed E-state index contributed by atoms with van der Waals surface area (Å²) in [6.45, 7) is 1.36. The predicted molar refractivity (Wildman–Crippen MR) is 105 cm³/mol. The number of carboxylic acids is 1. The predicted octanol–water partition coefficient (Wildman–Crippen LogP) is 2.15. The monoisotopic (exact) mass is 460 g/mol. The van der Waals surface area contributed by atoms with E-state index in [9.17, 15) is 29.7 Å². The Morgan fingerprint density at radius 3 is 2.34 bits per heavy atom. The smallest absolute Gasteiger partial charge is 0.324 e. The minimum atomic E-state index is -1.71. The quantitative estimate of drug-likeness (QED) is 0.516. The lowest BCUT2D eigenvalue weighted by molar-refractivity contribution is -0.147. The number of amides is 2. The molecule has 150 valence electrons. The molecule has 4 N–H and O–H groups in total. The van der Waals surface area contributed by atoms with Gasteiger partial charge in [0.15, 0.2) is 0 Å². The molecule has 0 unspecified atom stereocenters. The number of rotatable bonds is 3. The highest BCUT2D eigenvalue weighted by Gasteiger charge is 2.67. The van der Waals surface area contributed by atoms with Gasteiger partial charge < -0.3 is 15.3 Å². The van der Waals surface area contributed by atoms with Crippen molar-refractivity contribution in [1.82, 2.24) is 5.32 Å². The summed E-state index contributed by atoms with van der Waals surface area (Å²) in [5.41, 5.74) is -1.13. The van der Waals surface area contributed by atoms with Crippen LogP contribution in [-0.4, -0.2) is 38.6 Å². The van der Waals surface area contributed by atoms with E-state index in [1.807, 2.05) is 0 Å². The number of carbonyl (C=O) groups is 3. The number of aromatic hydroxyl groups is 2. The lowest BCUT2D eigenvalue weighted by Gasteiger charge is -2.27. The van der Waals surface area contributed by atoms with E-state index >= 15 is 0 Å². The van der Waals surface area contributed by atoms with E-state index in [1.54, 1.807) is 24.3 Å². The van der Waals surface area contributed by atoms with Crippen LogP contribution in [0.3, 0.4) is 0 Å². The van der Waals surface area contributed by atoms with Crippen molar-refractivity contribution in [3.8, 4) is 11.5 Å². The van der Waals surface area contributed by atoms with Crippen LogP contribution in [0.4, 0.5) is 5.69 Å². The summed E-state index contributed by atoms with van der Waals surface area (Å²) in [4.78, 5) is 39.6. The highest BCUT2D eigenvalue weighted by atomic mass is 79.9. The van der Waals surface area contributed by atoms with Gasteiger partial charge in [-0.25, -0.2) is 4.90 Å². The lowest BCUT2D eigenvalue weighted by Crippen LogP contribution is -2.53. The van der Waals surface area contributed by atoms with Crippen LogP contribution in [0.5, 0.6) is 11.5 Å². The van der Waals surface area contributed by atoms with E-state index in [0.717, 1.165) is 15.4 Å². The third-order valence-corrected chi connectivity index (χ3v) is 6.19. The van der Waals surface area contributed by atoms with Gasteiger partial charge in [-0.15, -0.1) is 0 Å². The zero-order valence-corrected chi connectivity index (χ0v) is 16.8. The molecular formula is C20H17BrN2O6. The van der Waals surface area contributed by atoms with E-state index in [0.29, 0.717) is 5.69 Å². The number of phenolic OH excluding ortho intramolecular Hbond substituents is 2. The number of carboxylic acid groups (broad SMARTS) is 1. The molecular weight excluding hydrogens is 444 g/mol. The Kier molecular flexibility index (Phi) is 4.39. The van der Waals surface area contributed by atoms with Crippen LogP contribution >= 0.6 is 15.9 Å². The van der Waals surface area contributed by atoms with Crippen molar-refractivity contribution < 1.29 is 29.7 Å². The number of carbonyl (C=O) groups excluding carboxylic acids is 2. The second-order valence-corrected chi connectivity index (χ2v) is 8.28. The van der Waals surface area contributed by atoms with E-state index in [1.165, 1.54) is 19.1 Å². The molecule has 0 saturated carbocycles. The zero-order chi connectivity index (χ0) is 21.1. The third kappa shape index (κ3) is 2.80. The van der Waals surface area contributed by atoms with Gasteiger partial charge in [0.05, 0.1) is 17.5 Å². The number of aliphatic carboxylic acids is 1. The first-order valence-electron chi connectivity index (χ1n) is 8.81. The highest BCUT2D eigenvalue weighted by Crippen LogP contribution is 2.51. The maximum Gasteiger partial charge on any atom is 0.324 e. The molecule has 2 aromatic carbocycles. The molecule has 4 rings (SSSR count). The maximum absolute atomic E-state index is 13.3. The highest BCUT2D eigenvalue weighted by molar-refractivity contribution is 9.10.